The zero-order chi connectivity index (χ0) is 17.7. The maximum absolute atomic E-state index is 13.8. The fourth-order valence-electron chi connectivity index (χ4n) is 2.03. The van der Waals surface area contributed by atoms with Crippen LogP contribution in [-0.2, 0) is 16.8 Å². The minimum Gasteiger partial charge on any atom is -0.507 e. The van der Waals surface area contributed by atoms with Gasteiger partial charge in [-0.3, -0.25) is 0 Å². The highest BCUT2D eigenvalue weighted by molar-refractivity contribution is 5.50. The summed E-state index contributed by atoms with van der Waals surface area (Å²) in [6.07, 6.45) is -5.77. The Balaban J connectivity index is 3.80. The SMILES string of the molecule is CC(C)(C)c1cc(C(C)(C)C)c(O)c(C(F)(F)C(F)(F)F)c1. The summed E-state index contributed by atoms with van der Waals surface area (Å²) < 4.78 is 65.6. The van der Waals surface area contributed by atoms with Gasteiger partial charge in [0.05, 0.1) is 5.56 Å². The lowest BCUT2D eigenvalue weighted by molar-refractivity contribution is -0.289. The molecule has 0 aliphatic heterocycles. The average Bonchev–Trinajstić information content (AvgIpc) is 2.23. The summed E-state index contributed by atoms with van der Waals surface area (Å²) in [5, 5.41) is 10.0. The van der Waals surface area contributed by atoms with Gasteiger partial charge in [0.15, 0.2) is 0 Å². The van der Waals surface area contributed by atoms with Crippen molar-refractivity contribution in [1.82, 2.24) is 0 Å². The van der Waals surface area contributed by atoms with Crippen LogP contribution in [-0.4, -0.2) is 11.3 Å². The van der Waals surface area contributed by atoms with E-state index in [-0.39, 0.29) is 5.56 Å². The van der Waals surface area contributed by atoms with Crippen molar-refractivity contribution in [3.63, 3.8) is 0 Å². The van der Waals surface area contributed by atoms with Crippen LogP contribution in [0.15, 0.2) is 12.1 Å². The van der Waals surface area contributed by atoms with Gasteiger partial charge in [-0.1, -0.05) is 47.6 Å². The van der Waals surface area contributed by atoms with Gasteiger partial charge >= 0.3 is 12.1 Å². The number of benzene rings is 1. The Morgan fingerprint density at radius 1 is 0.727 bits per heavy atom. The van der Waals surface area contributed by atoms with E-state index in [0.717, 1.165) is 6.07 Å². The zero-order valence-electron chi connectivity index (χ0n) is 13.5. The third kappa shape index (κ3) is 3.36. The number of phenolic OH excluding ortho intramolecular Hbond substituents is 1. The van der Waals surface area contributed by atoms with E-state index >= 15 is 0 Å². The van der Waals surface area contributed by atoms with E-state index in [1.54, 1.807) is 41.5 Å². The molecular formula is C16H21F5O. The monoisotopic (exact) mass is 324 g/mol. The van der Waals surface area contributed by atoms with Crippen LogP contribution < -0.4 is 0 Å². The first-order valence-corrected chi connectivity index (χ1v) is 6.82. The van der Waals surface area contributed by atoms with Crippen molar-refractivity contribution < 1.29 is 27.1 Å². The van der Waals surface area contributed by atoms with Crippen LogP contribution in [0.1, 0.15) is 58.2 Å². The first kappa shape index (κ1) is 18.7. The number of aromatic hydroxyl groups is 1. The number of alkyl halides is 5. The van der Waals surface area contributed by atoms with E-state index in [1.165, 1.54) is 6.07 Å². The Hall–Kier alpha value is -1.33. The fraction of sp³-hybridized carbons (Fsp3) is 0.625. The summed E-state index contributed by atoms with van der Waals surface area (Å²) >= 11 is 0. The molecule has 0 fully saturated rings. The largest absolute Gasteiger partial charge is 0.507 e. The minimum absolute atomic E-state index is 0.0684. The zero-order valence-corrected chi connectivity index (χ0v) is 13.5. The molecule has 6 heteroatoms. The van der Waals surface area contributed by atoms with Crippen molar-refractivity contribution in [3.8, 4) is 5.75 Å². The topological polar surface area (TPSA) is 20.2 Å². The second kappa shape index (κ2) is 5.10. The van der Waals surface area contributed by atoms with E-state index in [9.17, 15) is 27.1 Å². The summed E-state index contributed by atoms with van der Waals surface area (Å²) in [7, 11) is 0. The van der Waals surface area contributed by atoms with Gasteiger partial charge < -0.3 is 5.11 Å². The van der Waals surface area contributed by atoms with E-state index in [0.29, 0.717) is 5.56 Å². The third-order valence-electron chi connectivity index (χ3n) is 3.48. The van der Waals surface area contributed by atoms with E-state index in [1.807, 2.05) is 0 Å². The molecule has 1 N–H and O–H groups in total. The molecule has 0 unspecified atom stereocenters. The lowest BCUT2D eigenvalue weighted by atomic mass is 9.78. The maximum Gasteiger partial charge on any atom is 0.458 e. The molecule has 0 heterocycles. The number of phenols is 1. The molecule has 0 bridgehead atoms. The molecule has 1 aromatic rings. The Bertz CT molecular complexity index is 560. The molecule has 0 saturated carbocycles. The summed E-state index contributed by atoms with van der Waals surface area (Å²) in [5.41, 5.74) is -2.42. The van der Waals surface area contributed by atoms with Gasteiger partial charge in [0.1, 0.15) is 5.75 Å². The molecule has 0 atom stereocenters. The normalized spacial score (nSPS) is 14.3. The van der Waals surface area contributed by atoms with Crippen LogP contribution in [0.5, 0.6) is 5.75 Å². The third-order valence-corrected chi connectivity index (χ3v) is 3.48. The van der Waals surface area contributed by atoms with Crippen molar-refractivity contribution >= 4 is 0 Å². The van der Waals surface area contributed by atoms with E-state index < -0.39 is 34.2 Å². The Morgan fingerprint density at radius 2 is 1.14 bits per heavy atom. The first-order chi connectivity index (χ1) is 9.49. The molecule has 1 rings (SSSR count). The standard InChI is InChI=1S/C16H21F5O/c1-13(2,3)9-7-10(14(4,5)6)12(22)11(8-9)15(17,18)16(19,20)21/h7-8,22H,1-6H3. The molecule has 0 aliphatic carbocycles. The van der Waals surface area contributed by atoms with Gasteiger partial charge in [-0.25, -0.2) is 0 Å². The van der Waals surface area contributed by atoms with Gasteiger partial charge in [0.2, 0.25) is 0 Å². The molecule has 0 aromatic heterocycles. The molecule has 1 nitrogen and oxygen atoms in total. The predicted molar refractivity (Wildman–Crippen MR) is 75.5 cm³/mol. The highest BCUT2D eigenvalue weighted by Gasteiger charge is 2.60. The number of halogens is 5. The first-order valence-electron chi connectivity index (χ1n) is 6.82. The molecule has 0 amide bonds. The molecule has 0 aliphatic rings. The number of hydrogen-bond donors (Lipinski definition) is 1. The molecule has 0 radical (unpaired) electrons. The van der Waals surface area contributed by atoms with E-state index in [4.69, 9.17) is 0 Å². The van der Waals surface area contributed by atoms with Gasteiger partial charge in [0, 0.05) is 5.56 Å². The molecule has 126 valence electrons. The van der Waals surface area contributed by atoms with Crippen molar-refractivity contribution in [3.05, 3.63) is 28.8 Å². The van der Waals surface area contributed by atoms with Crippen molar-refractivity contribution in [2.24, 2.45) is 0 Å². The molecule has 0 saturated heterocycles. The van der Waals surface area contributed by atoms with Crippen LogP contribution in [0.25, 0.3) is 0 Å². The summed E-state index contributed by atoms with van der Waals surface area (Å²) in [5.74, 6) is -6.11. The number of rotatable bonds is 1. The van der Waals surface area contributed by atoms with Crippen LogP contribution >= 0.6 is 0 Å². The van der Waals surface area contributed by atoms with E-state index in [2.05, 4.69) is 0 Å². The van der Waals surface area contributed by atoms with Crippen LogP contribution in [0.2, 0.25) is 0 Å². The Morgan fingerprint density at radius 3 is 1.45 bits per heavy atom. The summed E-state index contributed by atoms with van der Waals surface area (Å²) in [4.78, 5) is 0. The molecule has 0 spiro atoms. The predicted octanol–water partition coefficient (Wildman–Crippen LogP) is 5.64. The molecule has 1 aromatic carbocycles. The highest BCUT2D eigenvalue weighted by Crippen LogP contribution is 2.50. The van der Waals surface area contributed by atoms with Gasteiger partial charge in [-0.2, -0.15) is 22.0 Å². The molecular weight excluding hydrogens is 303 g/mol. The fourth-order valence-corrected chi connectivity index (χ4v) is 2.03. The second-order valence-electron chi connectivity index (χ2n) is 7.49. The second-order valence-corrected chi connectivity index (χ2v) is 7.49. The quantitative estimate of drug-likeness (QED) is 0.663. The minimum atomic E-state index is -5.77. The average molecular weight is 324 g/mol. The van der Waals surface area contributed by atoms with Crippen LogP contribution in [0, 0.1) is 0 Å². The van der Waals surface area contributed by atoms with Crippen molar-refractivity contribution in [1.29, 1.82) is 0 Å². The summed E-state index contributed by atoms with van der Waals surface area (Å²) in [6, 6.07) is 2.24. The van der Waals surface area contributed by atoms with Crippen LogP contribution in [0.3, 0.4) is 0 Å². The number of hydrogen-bond acceptors (Lipinski definition) is 1. The Labute approximate surface area is 127 Å². The summed E-state index contributed by atoms with van der Waals surface area (Å²) in [6.45, 7) is 10.1. The van der Waals surface area contributed by atoms with Crippen molar-refractivity contribution in [2.45, 2.75) is 64.5 Å². The van der Waals surface area contributed by atoms with Gasteiger partial charge in [0.25, 0.3) is 0 Å². The molecule has 22 heavy (non-hydrogen) atoms. The van der Waals surface area contributed by atoms with Crippen LogP contribution in [0.4, 0.5) is 22.0 Å². The Kier molecular flexibility index (Phi) is 4.34. The van der Waals surface area contributed by atoms with Gasteiger partial charge in [-0.15, -0.1) is 0 Å². The lowest BCUT2D eigenvalue weighted by Gasteiger charge is -2.30. The van der Waals surface area contributed by atoms with Gasteiger partial charge in [-0.05, 0) is 22.5 Å². The maximum atomic E-state index is 13.8. The lowest BCUT2D eigenvalue weighted by Crippen LogP contribution is -2.34. The van der Waals surface area contributed by atoms with Crippen molar-refractivity contribution in [2.75, 3.05) is 0 Å². The smallest absolute Gasteiger partial charge is 0.458 e. The highest BCUT2D eigenvalue weighted by atomic mass is 19.4.